The number of nitrogens with zero attached hydrogens (tertiary/aromatic N) is 2. The Kier molecular flexibility index (Phi) is 4.19. The predicted molar refractivity (Wildman–Crippen MR) is 75.5 cm³/mol. The van der Waals surface area contributed by atoms with Crippen molar-refractivity contribution in [3.63, 3.8) is 0 Å². The smallest absolute Gasteiger partial charge is 0.245 e. The average molecular weight is 326 g/mol. The van der Waals surface area contributed by atoms with Gasteiger partial charge in [0.15, 0.2) is 0 Å². The van der Waals surface area contributed by atoms with E-state index < -0.39 is 0 Å². The fraction of sp³-hybridized carbons (Fsp3) is 0.462. The average Bonchev–Trinajstić information content (AvgIpc) is 3.08. The molecule has 6 heteroatoms. The fourth-order valence-electron chi connectivity index (χ4n) is 1.87. The molecule has 1 aromatic heterocycles. The zero-order valence-electron chi connectivity index (χ0n) is 10.9. The lowest BCUT2D eigenvalue weighted by Crippen LogP contribution is -2.36. The first kappa shape index (κ1) is 14.0. The minimum absolute atomic E-state index is 0.0476. The molecule has 1 aromatic rings. The van der Waals surface area contributed by atoms with Crippen LogP contribution in [0.1, 0.15) is 13.3 Å². The second-order valence-electron chi connectivity index (χ2n) is 4.92. The first-order chi connectivity index (χ1) is 8.97. The highest BCUT2D eigenvalue weighted by Crippen LogP contribution is 2.38. The maximum Gasteiger partial charge on any atom is 0.245 e. The van der Waals surface area contributed by atoms with Crippen molar-refractivity contribution in [2.24, 2.45) is 11.8 Å². The molecule has 5 nitrogen and oxygen atoms in total. The van der Waals surface area contributed by atoms with Crippen LogP contribution < -0.4 is 5.32 Å². The summed E-state index contributed by atoms with van der Waals surface area (Å²) in [5, 5.41) is 2.66. The summed E-state index contributed by atoms with van der Waals surface area (Å²) in [5.74, 6) is 0.842. The molecule has 1 heterocycles. The van der Waals surface area contributed by atoms with Gasteiger partial charge >= 0.3 is 0 Å². The van der Waals surface area contributed by atoms with Gasteiger partial charge in [0, 0.05) is 23.6 Å². The van der Waals surface area contributed by atoms with Gasteiger partial charge in [-0.05, 0) is 40.4 Å². The molecule has 0 spiro atoms. The number of likely N-dealkylation sites (N-methyl/N-ethyl adjacent to an activating group) is 1. The first-order valence-electron chi connectivity index (χ1n) is 6.13. The monoisotopic (exact) mass is 325 g/mol. The van der Waals surface area contributed by atoms with E-state index in [-0.39, 0.29) is 24.3 Å². The van der Waals surface area contributed by atoms with Gasteiger partial charge in [0.1, 0.15) is 5.82 Å². The molecule has 19 heavy (non-hydrogen) atoms. The van der Waals surface area contributed by atoms with E-state index in [1.807, 2.05) is 6.92 Å². The molecule has 2 atom stereocenters. The zero-order valence-corrected chi connectivity index (χ0v) is 12.5. The quantitative estimate of drug-likeness (QED) is 0.919. The standard InChI is InChI=1S/C13H16BrN3O2/c1-8-5-10(8)13(19)17(2)7-12(18)16-11-4-3-9(14)6-15-11/h3-4,6,8,10H,5,7H2,1-2H3,(H,15,16,18)/t8-,10-/m0/s1. The third-order valence-electron chi connectivity index (χ3n) is 3.18. The molecule has 1 fully saturated rings. The molecule has 0 aliphatic heterocycles. The Balaban J connectivity index is 1.83. The molecule has 1 aliphatic rings. The summed E-state index contributed by atoms with van der Waals surface area (Å²) in [6.45, 7) is 2.10. The van der Waals surface area contributed by atoms with Gasteiger partial charge in [-0.2, -0.15) is 0 Å². The summed E-state index contributed by atoms with van der Waals surface area (Å²) in [4.78, 5) is 29.2. The number of amides is 2. The van der Waals surface area contributed by atoms with Crippen LogP contribution in [0.25, 0.3) is 0 Å². The topological polar surface area (TPSA) is 62.3 Å². The Hall–Kier alpha value is -1.43. The van der Waals surface area contributed by atoms with Gasteiger partial charge in [0.2, 0.25) is 11.8 Å². The first-order valence-corrected chi connectivity index (χ1v) is 6.93. The van der Waals surface area contributed by atoms with Crippen molar-refractivity contribution in [3.05, 3.63) is 22.8 Å². The SMILES string of the molecule is C[C@H]1C[C@@H]1C(=O)N(C)CC(=O)Nc1ccc(Br)cn1. The number of halogens is 1. The largest absolute Gasteiger partial charge is 0.336 e. The molecule has 1 N–H and O–H groups in total. The number of hydrogen-bond acceptors (Lipinski definition) is 3. The summed E-state index contributed by atoms with van der Waals surface area (Å²) in [7, 11) is 1.65. The molecular weight excluding hydrogens is 310 g/mol. The lowest BCUT2D eigenvalue weighted by Gasteiger charge is -2.16. The number of nitrogens with one attached hydrogen (secondary N) is 1. The van der Waals surface area contributed by atoms with Gasteiger partial charge in [-0.1, -0.05) is 6.92 Å². The second-order valence-corrected chi connectivity index (χ2v) is 5.84. The summed E-state index contributed by atoms with van der Waals surface area (Å²) in [6, 6.07) is 3.50. The Labute approximate surface area is 120 Å². The molecular formula is C13H16BrN3O2. The fourth-order valence-corrected chi connectivity index (χ4v) is 2.11. The number of rotatable bonds is 4. The summed E-state index contributed by atoms with van der Waals surface area (Å²) < 4.78 is 0.848. The number of aromatic nitrogens is 1. The van der Waals surface area contributed by atoms with Crippen LogP contribution in [-0.4, -0.2) is 35.3 Å². The Morgan fingerprint density at radius 1 is 1.53 bits per heavy atom. The van der Waals surface area contributed by atoms with Crippen molar-refractivity contribution in [1.29, 1.82) is 0 Å². The number of carbonyl (C=O) groups excluding carboxylic acids is 2. The maximum atomic E-state index is 11.9. The minimum Gasteiger partial charge on any atom is -0.336 e. The molecule has 0 radical (unpaired) electrons. The Morgan fingerprint density at radius 3 is 2.74 bits per heavy atom. The highest BCUT2D eigenvalue weighted by atomic mass is 79.9. The third kappa shape index (κ3) is 3.76. The van der Waals surface area contributed by atoms with Crippen molar-refractivity contribution < 1.29 is 9.59 Å². The van der Waals surface area contributed by atoms with E-state index in [0.717, 1.165) is 10.9 Å². The van der Waals surface area contributed by atoms with Gasteiger partial charge in [-0.25, -0.2) is 4.98 Å². The van der Waals surface area contributed by atoms with E-state index in [4.69, 9.17) is 0 Å². The number of anilines is 1. The van der Waals surface area contributed by atoms with E-state index >= 15 is 0 Å². The van der Waals surface area contributed by atoms with Crippen LogP contribution in [-0.2, 0) is 9.59 Å². The van der Waals surface area contributed by atoms with Crippen LogP contribution in [0.3, 0.4) is 0 Å². The molecule has 2 rings (SSSR count). The zero-order chi connectivity index (χ0) is 14.0. The molecule has 1 saturated carbocycles. The molecule has 0 unspecified atom stereocenters. The summed E-state index contributed by atoms with van der Waals surface area (Å²) >= 11 is 3.27. The molecule has 0 aromatic carbocycles. The van der Waals surface area contributed by atoms with Crippen LogP contribution in [0.2, 0.25) is 0 Å². The van der Waals surface area contributed by atoms with Crippen molar-refractivity contribution in [2.75, 3.05) is 18.9 Å². The molecule has 0 saturated heterocycles. The number of pyridine rings is 1. The van der Waals surface area contributed by atoms with Crippen LogP contribution in [0.5, 0.6) is 0 Å². The second kappa shape index (κ2) is 5.69. The predicted octanol–water partition coefficient (Wildman–Crippen LogP) is 1.90. The summed E-state index contributed by atoms with van der Waals surface area (Å²) in [6.07, 6.45) is 2.54. The van der Waals surface area contributed by atoms with Crippen molar-refractivity contribution >= 4 is 33.6 Å². The van der Waals surface area contributed by atoms with Crippen molar-refractivity contribution in [1.82, 2.24) is 9.88 Å². The maximum absolute atomic E-state index is 11.9. The van der Waals surface area contributed by atoms with Crippen LogP contribution in [0, 0.1) is 11.8 Å². The van der Waals surface area contributed by atoms with Crippen molar-refractivity contribution in [3.8, 4) is 0 Å². The number of carbonyl (C=O) groups is 2. The molecule has 0 bridgehead atoms. The minimum atomic E-state index is -0.237. The highest BCUT2D eigenvalue weighted by Gasteiger charge is 2.40. The Bertz CT molecular complexity index is 489. The van der Waals surface area contributed by atoms with Gasteiger partial charge in [0.05, 0.1) is 6.54 Å². The lowest BCUT2D eigenvalue weighted by molar-refractivity contribution is -0.134. The normalized spacial score (nSPS) is 20.8. The van der Waals surface area contributed by atoms with Crippen LogP contribution in [0.4, 0.5) is 5.82 Å². The third-order valence-corrected chi connectivity index (χ3v) is 3.65. The summed E-state index contributed by atoms with van der Waals surface area (Å²) in [5.41, 5.74) is 0. The van der Waals surface area contributed by atoms with E-state index in [9.17, 15) is 9.59 Å². The number of hydrogen-bond donors (Lipinski definition) is 1. The van der Waals surface area contributed by atoms with E-state index in [2.05, 4.69) is 26.2 Å². The van der Waals surface area contributed by atoms with Gasteiger partial charge in [-0.15, -0.1) is 0 Å². The Morgan fingerprint density at radius 2 is 2.21 bits per heavy atom. The van der Waals surface area contributed by atoms with Crippen LogP contribution >= 0.6 is 15.9 Å². The van der Waals surface area contributed by atoms with Gasteiger partial charge in [-0.3, -0.25) is 9.59 Å². The molecule has 1 aliphatic carbocycles. The van der Waals surface area contributed by atoms with Gasteiger partial charge < -0.3 is 10.2 Å². The van der Waals surface area contributed by atoms with E-state index in [1.54, 1.807) is 25.4 Å². The molecule has 2 amide bonds. The van der Waals surface area contributed by atoms with Crippen LogP contribution in [0.15, 0.2) is 22.8 Å². The van der Waals surface area contributed by atoms with E-state index in [0.29, 0.717) is 11.7 Å². The van der Waals surface area contributed by atoms with Gasteiger partial charge in [0.25, 0.3) is 0 Å². The molecule has 102 valence electrons. The highest BCUT2D eigenvalue weighted by molar-refractivity contribution is 9.10. The van der Waals surface area contributed by atoms with Crippen molar-refractivity contribution in [2.45, 2.75) is 13.3 Å². The van der Waals surface area contributed by atoms with E-state index in [1.165, 1.54) is 4.90 Å². The lowest BCUT2D eigenvalue weighted by atomic mass is 10.3.